The highest BCUT2D eigenvalue weighted by Gasteiger charge is 2.53. The van der Waals surface area contributed by atoms with Crippen LogP contribution in [0.4, 0.5) is 9.18 Å². The van der Waals surface area contributed by atoms with E-state index in [1.54, 1.807) is 4.90 Å². The number of rotatable bonds is 3. The maximum atomic E-state index is 14.9. The van der Waals surface area contributed by atoms with Crippen LogP contribution in [0.15, 0.2) is 41.6 Å². The highest BCUT2D eigenvalue weighted by molar-refractivity contribution is 6.53. The van der Waals surface area contributed by atoms with Crippen LogP contribution in [-0.4, -0.2) is 42.4 Å². The molecule has 1 aromatic carbocycles. The second-order valence-corrected chi connectivity index (χ2v) is 8.07. The Bertz CT molecular complexity index is 694. The number of hydrogen-bond acceptors (Lipinski definition) is 4. The summed E-state index contributed by atoms with van der Waals surface area (Å²) >= 11 is 0. The molecule has 0 atom stereocenters. The topological polar surface area (TPSA) is 48.0 Å². The molecule has 2 saturated heterocycles. The zero-order valence-corrected chi connectivity index (χ0v) is 16.5. The average molecular weight is 375 g/mol. The van der Waals surface area contributed by atoms with Gasteiger partial charge >= 0.3 is 13.2 Å². The minimum absolute atomic E-state index is 0.237. The number of benzene rings is 1. The first-order chi connectivity index (χ1) is 12.7. The molecule has 27 heavy (non-hydrogen) atoms. The first kappa shape index (κ1) is 19.9. The van der Waals surface area contributed by atoms with Gasteiger partial charge in [0.05, 0.1) is 11.2 Å². The maximum absolute atomic E-state index is 14.9. The molecule has 0 radical (unpaired) electrons. The fourth-order valence-electron chi connectivity index (χ4n) is 3.12. The summed E-state index contributed by atoms with van der Waals surface area (Å²) in [6, 6.07) is 9.53. The molecule has 0 saturated carbocycles. The first-order valence-corrected chi connectivity index (χ1v) is 9.38. The van der Waals surface area contributed by atoms with Gasteiger partial charge in [-0.1, -0.05) is 30.3 Å². The molecular weight excluding hydrogens is 348 g/mol. The SMILES string of the molecule is CC1(C)OB(C(F)=C2CCN(C(=O)OCc3ccccc3)CC2)OC1(C)C. The van der Waals surface area contributed by atoms with E-state index in [9.17, 15) is 9.18 Å². The van der Waals surface area contributed by atoms with E-state index in [1.807, 2.05) is 58.0 Å². The number of hydrogen-bond donors (Lipinski definition) is 0. The van der Waals surface area contributed by atoms with Crippen LogP contribution in [-0.2, 0) is 20.7 Å². The summed E-state index contributed by atoms with van der Waals surface area (Å²) in [5.74, 6) is 0. The third-order valence-corrected chi connectivity index (χ3v) is 5.63. The predicted molar refractivity (Wildman–Crippen MR) is 102 cm³/mol. The molecule has 0 N–H and O–H groups in total. The Kier molecular flexibility index (Phi) is 5.63. The van der Waals surface area contributed by atoms with Crippen molar-refractivity contribution in [3.63, 3.8) is 0 Å². The molecule has 1 amide bonds. The van der Waals surface area contributed by atoms with Gasteiger partial charge in [-0.15, -0.1) is 0 Å². The Morgan fingerprint density at radius 3 is 2.22 bits per heavy atom. The molecule has 2 fully saturated rings. The Balaban J connectivity index is 1.53. The highest BCUT2D eigenvalue weighted by Crippen LogP contribution is 2.40. The fraction of sp³-hybridized carbons (Fsp3) is 0.550. The van der Waals surface area contributed by atoms with Crippen molar-refractivity contribution in [2.45, 2.75) is 58.3 Å². The van der Waals surface area contributed by atoms with Gasteiger partial charge in [0.2, 0.25) is 0 Å². The minimum Gasteiger partial charge on any atom is -0.445 e. The molecule has 2 aliphatic heterocycles. The molecular formula is C20H27BFNO4. The Morgan fingerprint density at radius 2 is 1.67 bits per heavy atom. The molecule has 2 aliphatic rings. The van der Waals surface area contributed by atoms with Crippen LogP contribution in [0.5, 0.6) is 0 Å². The molecule has 3 rings (SSSR count). The molecule has 0 unspecified atom stereocenters. The fourth-order valence-corrected chi connectivity index (χ4v) is 3.12. The van der Waals surface area contributed by atoms with Gasteiger partial charge in [0.1, 0.15) is 12.3 Å². The zero-order chi connectivity index (χ0) is 19.7. The van der Waals surface area contributed by atoms with Crippen molar-refractivity contribution in [3.8, 4) is 0 Å². The number of carbonyl (C=O) groups is 1. The highest BCUT2D eigenvalue weighted by atomic mass is 19.1. The lowest BCUT2D eigenvalue weighted by molar-refractivity contribution is 0.00578. The molecule has 7 heteroatoms. The lowest BCUT2D eigenvalue weighted by atomic mass is 9.82. The molecule has 0 bridgehead atoms. The number of amides is 1. The summed E-state index contributed by atoms with van der Waals surface area (Å²) in [6.45, 7) is 8.69. The summed E-state index contributed by atoms with van der Waals surface area (Å²) in [7, 11) is -0.971. The second kappa shape index (κ2) is 7.64. The van der Waals surface area contributed by atoms with Gasteiger partial charge in [-0.25, -0.2) is 9.18 Å². The van der Waals surface area contributed by atoms with Crippen molar-refractivity contribution in [2.75, 3.05) is 13.1 Å². The first-order valence-electron chi connectivity index (χ1n) is 9.38. The number of ether oxygens (including phenoxy) is 1. The molecule has 5 nitrogen and oxygen atoms in total. The van der Waals surface area contributed by atoms with Crippen LogP contribution < -0.4 is 0 Å². The minimum atomic E-state index is -0.971. The molecule has 0 spiro atoms. The summed E-state index contributed by atoms with van der Waals surface area (Å²) in [6.07, 6.45) is 0.543. The van der Waals surface area contributed by atoms with Crippen molar-refractivity contribution in [1.82, 2.24) is 4.90 Å². The van der Waals surface area contributed by atoms with Gasteiger partial charge in [-0.05, 0) is 51.7 Å². The zero-order valence-electron chi connectivity index (χ0n) is 16.5. The van der Waals surface area contributed by atoms with Crippen LogP contribution >= 0.6 is 0 Å². The van der Waals surface area contributed by atoms with Crippen LogP contribution in [0.3, 0.4) is 0 Å². The van der Waals surface area contributed by atoms with E-state index in [1.165, 1.54) is 0 Å². The van der Waals surface area contributed by atoms with Crippen LogP contribution in [0.25, 0.3) is 0 Å². The maximum Gasteiger partial charge on any atom is 0.525 e. The normalized spacial score (nSPS) is 21.3. The van der Waals surface area contributed by atoms with E-state index < -0.39 is 18.3 Å². The molecule has 146 valence electrons. The summed E-state index contributed by atoms with van der Waals surface area (Å²) < 4.78 is 31.8. The third kappa shape index (κ3) is 4.35. The quantitative estimate of drug-likeness (QED) is 0.741. The number of likely N-dealkylation sites (tertiary alicyclic amines) is 1. The van der Waals surface area contributed by atoms with Gasteiger partial charge in [-0.3, -0.25) is 0 Å². The van der Waals surface area contributed by atoms with E-state index in [-0.39, 0.29) is 18.4 Å². The predicted octanol–water partition coefficient (Wildman–Crippen LogP) is 4.27. The van der Waals surface area contributed by atoms with Crippen LogP contribution in [0.2, 0.25) is 0 Å². The lowest BCUT2D eigenvalue weighted by Crippen LogP contribution is -2.41. The van der Waals surface area contributed by atoms with E-state index in [2.05, 4.69) is 0 Å². The largest absolute Gasteiger partial charge is 0.525 e. The second-order valence-electron chi connectivity index (χ2n) is 8.07. The number of nitrogens with zero attached hydrogens (tertiary/aromatic N) is 1. The van der Waals surface area contributed by atoms with Crippen LogP contribution in [0, 0.1) is 0 Å². The molecule has 0 aliphatic carbocycles. The summed E-state index contributed by atoms with van der Waals surface area (Å²) in [4.78, 5) is 13.8. The molecule has 0 aromatic heterocycles. The van der Waals surface area contributed by atoms with E-state index >= 15 is 0 Å². The Labute approximate surface area is 160 Å². The van der Waals surface area contributed by atoms with Gasteiger partial charge in [0.25, 0.3) is 0 Å². The summed E-state index contributed by atoms with van der Waals surface area (Å²) in [5.41, 5.74) is 0.0940. The van der Waals surface area contributed by atoms with Gasteiger partial charge < -0.3 is 18.9 Å². The smallest absolute Gasteiger partial charge is 0.445 e. The van der Waals surface area contributed by atoms with Crippen molar-refractivity contribution in [1.29, 1.82) is 0 Å². The van der Waals surface area contributed by atoms with E-state index in [0.29, 0.717) is 31.5 Å². The van der Waals surface area contributed by atoms with Crippen molar-refractivity contribution in [3.05, 3.63) is 47.2 Å². The molecule has 1 aromatic rings. The van der Waals surface area contributed by atoms with Crippen molar-refractivity contribution in [2.24, 2.45) is 0 Å². The molecule has 2 heterocycles. The van der Waals surface area contributed by atoms with Gasteiger partial charge in [-0.2, -0.15) is 0 Å². The number of carbonyl (C=O) groups excluding carboxylic acids is 1. The van der Waals surface area contributed by atoms with Crippen LogP contribution in [0.1, 0.15) is 46.1 Å². The van der Waals surface area contributed by atoms with Crippen molar-refractivity contribution >= 4 is 13.2 Å². The number of piperidine rings is 1. The Morgan fingerprint density at radius 1 is 1.11 bits per heavy atom. The van der Waals surface area contributed by atoms with E-state index in [4.69, 9.17) is 14.0 Å². The van der Waals surface area contributed by atoms with Gasteiger partial charge in [0.15, 0.2) is 0 Å². The van der Waals surface area contributed by atoms with E-state index in [0.717, 1.165) is 5.56 Å². The lowest BCUT2D eigenvalue weighted by Gasteiger charge is -2.32. The summed E-state index contributed by atoms with van der Waals surface area (Å²) in [5, 5.41) is 0. The monoisotopic (exact) mass is 375 g/mol. The number of halogens is 1. The van der Waals surface area contributed by atoms with Gasteiger partial charge in [0, 0.05) is 13.1 Å². The Hall–Kier alpha value is -1.86. The van der Waals surface area contributed by atoms with Crippen molar-refractivity contribution < 1.29 is 23.2 Å². The average Bonchev–Trinajstić information content (AvgIpc) is 2.87. The standard InChI is InChI=1S/C20H27BFNO4/c1-19(2)20(3,4)27-21(26-19)17(22)16-10-12-23(13-11-16)18(24)25-14-15-8-6-5-7-9-15/h5-9H,10-14H2,1-4H3. The third-order valence-electron chi connectivity index (χ3n) is 5.63.